The average molecular weight is 429 g/mol. The molecule has 162 valence electrons. The minimum absolute atomic E-state index is 0.0182. The molecule has 1 N–H and O–H groups in total. The molecule has 4 aromatic rings. The molecule has 0 radical (unpaired) electrons. The van der Waals surface area contributed by atoms with Crippen LogP contribution in [0.3, 0.4) is 0 Å². The number of carbonyl (C=O) groups is 1. The lowest BCUT2D eigenvalue weighted by Crippen LogP contribution is -2.17. The first kappa shape index (κ1) is 20.1. The highest BCUT2D eigenvalue weighted by Gasteiger charge is 2.24. The number of carboxylic acid groups (broad SMARTS) is 1. The van der Waals surface area contributed by atoms with Gasteiger partial charge in [0.2, 0.25) is 0 Å². The van der Waals surface area contributed by atoms with Gasteiger partial charge in [0.25, 0.3) is 0 Å². The average Bonchev–Trinajstić information content (AvgIpc) is 3.20. The van der Waals surface area contributed by atoms with E-state index >= 15 is 0 Å². The van der Waals surface area contributed by atoms with Crippen molar-refractivity contribution in [2.45, 2.75) is 31.9 Å². The molecule has 1 aliphatic rings. The lowest BCUT2D eigenvalue weighted by Gasteiger charge is -2.25. The summed E-state index contributed by atoms with van der Waals surface area (Å²) in [7, 11) is 0. The highest BCUT2D eigenvalue weighted by Crippen LogP contribution is 2.38. The molecule has 7 nitrogen and oxygen atoms in total. The van der Waals surface area contributed by atoms with E-state index in [1.807, 2.05) is 53.3 Å². The number of pyridine rings is 1. The van der Waals surface area contributed by atoms with E-state index in [0.717, 1.165) is 27.7 Å². The number of aliphatic carboxylic acids is 1. The molecule has 1 aliphatic heterocycles. The van der Waals surface area contributed by atoms with Gasteiger partial charge in [-0.25, -0.2) is 0 Å². The molecule has 0 bridgehead atoms. The van der Waals surface area contributed by atoms with Crippen molar-refractivity contribution in [3.05, 3.63) is 83.8 Å². The molecule has 1 atom stereocenters. The maximum absolute atomic E-state index is 11.1. The first-order chi connectivity index (χ1) is 15.7. The van der Waals surface area contributed by atoms with Crippen LogP contribution in [0.25, 0.3) is 10.9 Å². The molecule has 0 spiro atoms. The molecular formula is C25H23N3O4. The third-order valence-corrected chi connectivity index (χ3v) is 5.72. The fraction of sp³-hybridized carbons (Fsp3) is 0.240. The quantitative estimate of drug-likeness (QED) is 0.469. The molecule has 0 saturated heterocycles. The maximum Gasteiger partial charge on any atom is 0.303 e. The Balaban J connectivity index is 1.28. The van der Waals surface area contributed by atoms with Gasteiger partial charge in [0.1, 0.15) is 18.1 Å². The summed E-state index contributed by atoms with van der Waals surface area (Å²) in [4.78, 5) is 15.5. The molecular weight excluding hydrogens is 406 g/mol. The summed E-state index contributed by atoms with van der Waals surface area (Å²) in [5.41, 5.74) is 3.99. The summed E-state index contributed by atoms with van der Waals surface area (Å²) < 4.78 is 13.7. The SMILES string of the molecule is O=C(O)CC1CCOc2cc(OCc3ccc4c(cnn4Cc4ccccn4)c3)ccc21. The summed E-state index contributed by atoms with van der Waals surface area (Å²) in [5, 5.41) is 14.7. The van der Waals surface area contributed by atoms with Gasteiger partial charge in [-0.2, -0.15) is 5.10 Å². The third-order valence-electron chi connectivity index (χ3n) is 5.72. The minimum Gasteiger partial charge on any atom is -0.493 e. The predicted molar refractivity (Wildman–Crippen MR) is 119 cm³/mol. The Labute approximate surface area is 185 Å². The summed E-state index contributed by atoms with van der Waals surface area (Å²) in [6, 6.07) is 17.7. The fourth-order valence-corrected chi connectivity index (χ4v) is 4.12. The van der Waals surface area contributed by atoms with Gasteiger partial charge in [-0.05, 0) is 47.9 Å². The molecule has 0 fully saturated rings. The van der Waals surface area contributed by atoms with Gasteiger partial charge < -0.3 is 14.6 Å². The van der Waals surface area contributed by atoms with Crippen LogP contribution >= 0.6 is 0 Å². The summed E-state index contributed by atoms with van der Waals surface area (Å²) in [5.74, 6) is 0.606. The van der Waals surface area contributed by atoms with Crippen molar-refractivity contribution in [3.8, 4) is 11.5 Å². The van der Waals surface area contributed by atoms with Crippen LogP contribution in [-0.2, 0) is 17.9 Å². The maximum atomic E-state index is 11.1. The molecule has 7 heteroatoms. The van der Waals surface area contributed by atoms with Gasteiger partial charge in [-0.3, -0.25) is 14.5 Å². The number of carboxylic acids is 1. The number of aromatic nitrogens is 3. The van der Waals surface area contributed by atoms with Gasteiger partial charge in [-0.1, -0.05) is 18.2 Å². The van der Waals surface area contributed by atoms with Crippen LogP contribution in [0.4, 0.5) is 0 Å². The van der Waals surface area contributed by atoms with E-state index in [0.29, 0.717) is 37.7 Å². The summed E-state index contributed by atoms with van der Waals surface area (Å²) in [6.45, 7) is 1.56. The minimum atomic E-state index is -0.790. The number of ether oxygens (including phenoxy) is 2. The van der Waals surface area contributed by atoms with Crippen molar-refractivity contribution in [1.82, 2.24) is 14.8 Å². The van der Waals surface area contributed by atoms with Gasteiger partial charge in [0, 0.05) is 23.6 Å². The van der Waals surface area contributed by atoms with Crippen LogP contribution < -0.4 is 9.47 Å². The van der Waals surface area contributed by atoms with Crippen molar-refractivity contribution < 1.29 is 19.4 Å². The largest absolute Gasteiger partial charge is 0.493 e. The zero-order valence-electron chi connectivity index (χ0n) is 17.5. The van der Waals surface area contributed by atoms with Crippen molar-refractivity contribution in [2.24, 2.45) is 0 Å². The molecule has 1 unspecified atom stereocenters. The third kappa shape index (κ3) is 4.27. The lowest BCUT2D eigenvalue weighted by atomic mass is 9.90. The van der Waals surface area contributed by atoms with Gasteiger partial charge >= 0.3 is 5.97 Å². The van der Waals surface area contributed by atoms with Crippen LogP contribution in [0.2, 0.25) is 0 Å². The second-order valence-electron chi connectivity index (χ2n) is 7.94. The Kier molecular flexibility index (Phi) is 5.46. The monoisotopic (exact) mass is 429 g/mol. The van der Waals surface area contributed by atoms with Gasteiger partial charge in [0.05, 0.1) is 37.0 Å². The summed E-state index contributed by atoms with van der Waals surface area (Å²) in [6.07, 6.45) is 4.48. The Hall–Kier alpha value is -3.87. The van der Waals surface area contributed by atoms with Crippen molar-refractivity contribution >= 4 is 16.9 Å². The zero-order valence-corrected chi connectivity index (χ0v) is 17.5. The number of rotatable bonds is 7. The van der Waals surface area contributed by atoms with E-state index in [1.165, 1.54) is 0 Å². The first-order valence-corrected chi connectivity index (χ1v) is 10.6. The highest BCUT2D eigenvalue weighted by molar-refractivity contribution is 5.79. The molecule has 5 rings (SSSR count). The van der Waals surface area contributed by atoms with Crippen LogP contribution in [-0.4, -0.2) is 32.4 Å². The Bertz CT molecular complexity index is 1250. The fourth-order valence-electron chi connectivity index (χ4n) is 4.12. The van der Waals surface area contributed by atoms with E-state index in [1.54, 1.807) is 6.20 Å². The molecule has 2 aromatic carbocycles. The smallest absolute Gasteiger partial charge is 0.303 e. The second-order valence-corrected chi connectivity index (χ2v) is 7.94. The number of hydrogen-bond acceptors (Lipinski definition) is 5. The number of hydrogen-bond donors (Lipinski definition) is 1. The molecule has 0 saturated carbocycles. The number of fused-ring (bicyclic) bond motifs is 2. The highest BCUT2D eigenvalue weighted by atomic mass is 16.5. The van der Waals surface area contributed by atoms with Crippen LogP contribution in [0.15, 0.2) is 67.0 Å². The lowest BCUT2D eigenvalue weighted by molar-refractivity contribution is -0.137. The Morgan fingerprint density at radius 2 is 2.12 bits per heavy atom. The van der Waals surface area contributed by atoms with E-state index in [4.69, 9.17) is 14.6 Å². The normalized spacial score (nSPS) is 15.2. The summed E-state index contributed by atoms with van der Waals surface area (Å²) >= 11 is 0. The van der Waals surface area contributed by atoms with E-state index < -0.39 is 5.97 Å². The Morgan fingerprint density at radius 3 is 2.97 bits per heavy atom. The van der Waals surface area contributed by atoms with Crippen molar-refractivity contribution in [1.29, 1.82) is 0 Å². The predicted octanol–water partition coefficient (Wildman–Crippen LogP) is 4.40. The van der Waals surface area contributed by atoms with Gasteiger partial charge in [0.15, 0.2) is 0 Å². The van der Waals surface area contributed by atoms with E-state index in [9.17, 15) is 4.79 Å². The van der Waals surface area contributed by atoms with E-state index in [-0.39, 0.29) is 12.3 Å². The second kappa shape index (κ2) is 8.70. The van der Waals surface area contributed by atoms with Crippen LogP contribution in [0.5, 0.6) is 11.5 Å². The first-order valence-electron chi connectivity index (χ1n) is 10.6. The molecule has 0 aliphatic carbocycles. The zero-order chi connectivity index (χ0) is 21.9. The number of nitrogens with zero attached hydrogens (tertiary/aromatic N) is 3. The van der Waals surface area contributed by atoms with Crippen molar-refractivity contribution in [3.63, 3.8) is 0 Å². The molecule has 0 amide bonds. The van der Waals surface area contributed by atoms with Crippen molar-refractivity contribution in [2.75, 3.05) is 6.61 Å². The molecule has 32 heavy (non-hydrogen) atoms. The number of benzene rings is 2. The van der Waals surface area contributed by atoms with Gasteiger partial charge in [-0.15, -0.1) is 0 Å². The molecule has 3 heterocycles. The standard InChI is InChI=1S/C25H23N3O4/c29-25(30)12-18-8-10-31-24-13-21(5-6-22(18)24)32-16-17-4-7-23-19(11-17)14-27-28(23)15-20-3-1-2-9-26-20/h1-7,9,11,13-14,18H,8,10,12,15-16H2,(H,29,30). The Morgan fingerprint density at radius 1 is 1.19 bits per heavy atom. The van der Waals surface area contributed by atoms with E-state index in [2.05, 4.69) is 22.2 Å². The van der Waals surface area contributed by atoms with Crippen LogP contribution in [0.1, 0.15) is 35.6 Å². The topological polar surface area (TPSA) is 86.5 Å². The van der Waals surface area contributed by atoms with Crippen LogP contribution in [0, 0.1) is 0 Å². The molecule has 2 aromatic heterocycles.